The molecular formula is C14H16ClN3OS. The standard InChI is InChI=1S/C14H16ClN3OS/c1-3-5-10-13(18-12(4-2)20-10)14(19)17-11-7-6-9(15)8-16-11/h6-8H,3-5H2,1-2H3,(H,16,17,19). The first-order valence-corrected chi connectivity index (χ1v) is 7.75. The van der Waals surface area contributed by atoms with Crippen molar-refractivity contribution < 1.29 is 4.79 Å². The first-order valence-electron chi connectivity index (χ1n) is 6.55. The van der Waals surface area contributed by atoms with Gasteiger partial charge >= 0.3 is 0 Å². The summed E-state index contributed by atoms with van der Waals surface area (Å²) in [7, 11) is 0. The fourth-order valence-corrected chi connectivity index (χ4v) is 2.97. The highest BCUT2D eigenvalue weighted by Gasteiger charge is 2.17. The lowest BCUT2D eigenvalue weighted by Crippen LogP contribution is -2.15. The van der Waals surface area contributed by atoms with E-state index < -0.39 is 0 Å². The number of nitrogens with zero attached hydrogens (tertiary/aromatic N) is 2. The van der Waals surface area contributed by atoms with E-state index >= 15 is 0 Å². The molecule has 1 N–H and O–H groups in total. The highest BCUT2D eigenvalue weighted by Crippen LogP contribution is 2.22. The van der Waals surface area contributed by atoms with Crippen LogP contribution in [-0.4, -0.2) is 15.9 Å². The highest BCUT2D eigenvalue weighted by molar-refractivity contribution is 7.11. The van der Waals surface area contributed by atoms with Crippen LogP contribution in [0.25, 0.3) is 0 Å². The summed E-state index contributed by atoms with van der Waals surface area (Å²) in [6.45, 7) is 4.13. The second-order valence-corrected chi connectivity index (χ2v) is 5.90. The third-order valence-electron chi connectivity index (χ3n) is 2.71. The molecule has 2 heterocycles. The molecule has 4 nitrogen and oxygen atoms in total. The topological polar surface area (TPSA) is 54.9 Å². The van der Waals surface area contributed by atoms with Crippen LogP contribution in [0.4, 0.5) is 5.82 Å². The normalized spacial score (nSPS) is 10.6. The average Bonchev–Trinajstić information content (AvgIpc) is 2.85. The molecule has 0 saturated carbocycles. The van der Waals surface area contributed by atoms with E-state index in [4.69, 9.17) is 11.6 Å². The summed E-state index contributed by atoms with van der Waals surface area (Å²) in [6, 6.07) is 3.36. The van der Waals surface area contributed by atoms with Gasteiger partial charge in [-0.15, -0.1) is 11.3 Å². The van der Waals surface area contributed by atoms with E-state index in [9.17, 15) is 4.79 Å². The third kappa shape index (κ3) is 3.55. The molecule has 0 aliphatic rings. The van der Waals surface area contributed by atoms with Crippen LogP contribution in [0, 0.1) is 0 Å². The Morgan fingerprint density at radius 3 is 2.80 bits per heavy atom. The van der Waals surface area contributed by atoms with Crippen molar-refractivity contribution in [2.45, 2.75) is 33.1 Å². The average molecular weight is 310 g/mol. The second-order valence-electron chi connectivity index (χ2n) is 4.30. The Balaban J connectivity index is 2.19. The number of carbonyl (C=O) groups is 1. The number of hydrogen-bond acceptors (Lipinski definition) is 4. The number of aromatic nitrogens is 2. The van der Waals surface area contributed by atoms with E-state index in [1.165, 1.54) is 6.20 Å². The van der Waals surface area contributed by atoms with E-state index in [1.807, 2.05) is 6.92 Å². The van der Waals surface area contributed by atoms with Crippen LogP contribution in [0.15, 0.2) is 18.3 Å². The van der Waals surface area contributed by atoms with Crippen molar-refractivity contribution in [1.82, 2.24) is 9.97 Å². The van der Waals surface area contributed by atoms with Gasteiger partial charge in [-0.2, -0.15) is 0 Å². The van der Waals surface area contributed by atoms with Gasteiger partial charge in [-0.3, -0.25) is 4.79 Å². The zero-order valence-corrected chi connectivity index (χ0v) is 13.0. The molecule has 0 atom stereocenters. The molecule has 0 unspecified atom stereocenters. The summed E-state index contributed by atoms with van der Waals surface area (Å²) in [5.74, 6) is 0.270. The first-order chi connectivity index (χ1) is 9.63. The quantitative estimate of drug-likeness (QED) is 0.909. The minimum Gasteiger partial charge on any atom is -0.305 e. The van der Waals surface area contributed by atoms with Gasteiger partial charge in [0.15, 0.2) is 0 Å². The molecular weight excluding hydrogens is 294 g/mol. The zero-order chi connectivity index (χ0) is 14.5. The fraction of sp³-hybridized carbons (Fsp3) is 0.357. The molecule has 20 heavy (non-hydrogen) atoms. The highest BCUT2D eigenvalue weighted by atomic mass is 35.5. The number of nitrogens with one attached hydrogen (secondary N) is 1. The van der Waals surface area contributed by atoms with Gasteiger partial charge < -0.3 is 5.32 Å². The molecule has 0 aliphatic carbocycles. The van der Waals surface area contributed by atoms with Gasteiger partial charge in [-0.1, -0.05) is 31.9 Å². The predicted octanol–water partition coefficient (Wildman–Crippen LogP) is 3.96. The van der Waals surface area contributed by atoms with Crippen molar-refractivity contribution >= 4 is 34.7 Å². The molecule has 0 aromatic carbocycles. The number of pyridine rings is 1. The van der Waals surface area contributed by atoms with Gasteiger partial charge in [-0.05, 0) is 25.0 Å². The van der Waals surface area contributed by atoms with Crippen LogP contribution < -0.4 is 5.32 Å². The molecule has 106 valence electrons. The number of halogens is 1. The van der Waals surface area contributed by atoms with Crippen molar-refractivity contribution in [3.63, 3.8) is 0 Å². The largest absolute Gasteiger partial charge is 0.305 e. The maximum absolute atomic E-state index is 12.3. The molecule has 0 spiro atoms. The first kappa shape index (κ1) is 14.9. The van der Waals surface area contributed by atoms with Crippen molar-refractivity contribution in [3.8, 4) is 0 Å². The summed E-state index contributed by atoms with van der Waals surface area (Å²) in [4.78, 5) is 21.8. The molecule has 0 bridgehead atoms. The summed E-state index contributed by atoms with van der Waals surface area (Å²) >= 11 is 7.38. The molecule has 6 heteroatoms. The lowest BCUT2D eigenvalue weighted by Gasteiger charge is -2.03. The van der Waals surface area contributed by atoms with Gasteiger partial charge in [0, 0.05) is 11.1 Å². The van der Waals surface area contributed by atoms with Crippen LogP contribution in [0.1, 0.15) is 40.6 Å². The Labute approximate surface area is 127 Å². The predicted molar refractivity (Wildman–Crippen MR) is 82.7 cm³/mol. The Morgan fingerprint density at radius 2 is 2.20 bits per heavy atom. The molecule has 0 aliphatic heterocycles. The van der Waals surface area contributed by atoms with Crippen molar-refractivity contribution in [2.75, 3.05) is 5.32 Å². The number of rotatable bonds is 5. The molecule has 2 aromatic rings. The lowest BCUT2D eigenvalue weighted by molar-refractivity contribution is 0.102. The van der Waals surface area contributed by atoms with E-state index in [1.54, 1.807) is 23.5 Å². The van der Waals surface area contributed by atoms with Gasteiger partial charge in [0.25, 0.3) is 5.91 Å². The van der Waals surface area contributed by atoms with Crippen LogP contribution in [-0.2, 0) is 12.8 Å². The summed E-state index contributed by atoms with van der Waals surface area (Å²) < 4.78 is 0. The number of hydrogen-bond donors (Lipinski definition) is 1. The second kappa shape index (κ2) is 6.81. The van der Waals surface area contributed by atoms with Gasteiger partial charge in [0.2, 0.25) is 0 Å². The Kier molecular flexibility index (Phi) is 5.09. The molecule has 0 fully saturated rings. The summed E-state index contributed by atoms with van der Waals surface area (Å²) in [6.07, 6.45) is 4.20. The molecule has 2 aromatic heterocycles. The number of anilines is 1. The SMILES string of the molecule is CCCc1sc(CC)nc1C(=O)Nc1ccc(Cl)cn1. The third-order valence-corrected chi connectivity index (χ3v) is 4.19. The maximum Gasteiger partial charge on any atom is 0.276 e. The van der Waals surface area contributed by atoms with Crippen LogP contribution in [0.2, 0.25) is 5.02 Å². The van der Waals surface area contributed by atoms with E-state index in [2.05, 4.69) is 22.2 Å². The van der Waals surface area contributed by atoms with Crippen molar-refractivity contribution in [1.29, 1.82) is 0 Å². The summed E-state index contributed by atoms with van der Waals surface area (Å²) in [5, 5.41) is 4.28. The number of amides is 1. The maximum atomic E-state index is 12.3. The molecule has 0 radical (unpaired) electrons. The summed E-state index contributed by atoms with van der Waals surface area (Å²) in [5.41, 5.74) is 0.519. The molecule has 1 amide bonds. The van der Waals surface area contributed by atoms with Gasteiger partial charge in [-0.25, -0.2) is 9.97 Å². The van der Waals surface area contributed by atoms with Gasteiger partial charge in [0.05, 0.1) is 10.0 Å². The zero-order valence-electron chi connectivity index (χ0n) is 11.4. The van der Waals surface area contributed by atoms with Crippen molar-refractivity contribution in [3.05, 3.63) is 38.9 Å². The Hall–Kier alpha value is -1.46. The van der Waals surface area contributed by atoms with E-state index in [0.717, 1.165) is 29.1 Å². The van der Waals surface area contributed by atoms with Crippen molar-refractivity contribution in [2.24, 2.45) is 0 Å². The lowest BCUT2D eigenvalue weighted by atomic mass is 10.2. The van der Waals surface area contributed by atoms with Crippen LogP contribution >= 0.6 is 22.9 Å². The fourth-order valence-electron chi connectivity index (χ4n) is 1.75. The minimum absolute atomic E-state index is 0.209. The van der Waals surface area contributed by atoms with E-state index in [-0.39, 0.29) is 5.91 Å². The Morgan fingerprint density at radius 1 is 1.40 bits per heavy atom. The molecule has 0 saturated heterocycles. The van der Waals surface area contributed by atoms with E-state index in [0.29, 0.717) is 16.5 Å². The Bertz CT molecular complexity index is 595. The number of thiazole rings is 1. The number of aryl methyl sites for hydroxylation is 2. The van der Waals surface area contributed by atoms with Crippen LogP contribution in [0.3, 0.4) is 0 Å². The minimum atomic E-state index is -0.209. The smallest absolute Gasteiger partial charge is 0.276 e. The molecule has 2 rings (SSSR count). The number of carbonyl (C=O) groups excluding carboxylic acids is 1. The van der Waals surface area contributed by atoms with Crippen LogP contribution in [0.5, 0.6) is 0 Å². The monoisotopic (exact) mass is 309 g/mol. The van der Waals surface area contributed by atoms with Gasteiger partial charge in [0.1, 0.15) is 11.5 Å².